The number of piperidine rings is 1. The Morgan fingerprint density at radius 1 is 0.860 bits per heavy atom. The van der Waals surface area contributed by atoms with E-state index >= 15 is 0 Å². The van der Waals surface area contributed by atoms with Gasteiger partial charge in [-0.15, -0.1) is 0 Å². The van der Waals surface area contributed by atoms with E-state index in [0.29, 0.717) is 36.2 Å². The highest BCUT2D eigenvalue weighted by atomic mass is 16.4. The van der Waals surface area contributed by atoms with E-state index in [4.69, 9.17) is 5.11 Å². The molecule has 1 fully saturated rings. The van der Waals surface area contributed by atoms with Gasteiger partial charge in [0.25, 0.3) is 11.8 Å². The van der Waals surface area contributed by atoms with Crippen LogP contribution in [0.25, 0.3) is 28.7 Å². The van der Waals surface area contributed by atoms with Gasteiger partial charge in [-0.2, -0.15) is 0 Å². The molecule has 0 saturated carbocycles. The van der Waals surface area contributed by atoms with Crippen LogP contribution in [-0.2, 0) is 11.3 Å². The van der Waals surface area contributed by atoms with Gasteiger partial charge in [0.1, 0.15) is 0 Å². The number of aliphatic carboxylic acids is 1. The van der Waals surface area contributed by atoms with Gasteiger partial charge in [-0.3, -0.25) is 14.4 Å². The number of carbonyl (C=O) groups excluding carboxylic acids is 2. The number of aliphatic hydroxyl groups excluding tert-OH is 1. The van der Waals surface area contributed by atoms with E-state index in [1.807, 2.05) is 103 Å². The second-order valence-electron chi connectivity index (χ2n) is 13.5. The largest absolute Gasteiger partial charge is 0.481 e. The summed E-state index contributed by atoms with van der Waals surface area (Å²) in [5.74, 6) is -1.14. The standard InChI is InChI=1S/C40H41N5O5/c1-40(42-39(50)28-4-9-32(10-5-28)43-22-17-34(46)18-23-43)19-14-36-30(26-40)16-24-45(36)33-11-6-27(7-12-33)38(49)41-31-8-13-35-29(25-31)15-21-44(35)20-2-3-37(47)48/h4-16,21,24-26,34,46H,2-3,17-20,22-23H2,1H3,(H,41,49)(H,42,50)(H,47,48). The van der Waals surface area contributed by atoms with Gasteiger partial charge < -0.3 is 34.9 Å². The molecule has 50 heavy (non-hydrogen) atoms. The molecule has 1 unspecified atom stereocenters. The summed E-state index contributed by atoms with van der Waals surface area (Å²) in [4.78, 5) is 39.5. The first-order valence-electron chi connectivity index (χ1n) is 17.1. The minimum atomic E-state index is -0.801. The fourth-order valence-electron chi connectivity index (χ4n) is 6.95. The number of carbonyl (C=O) groups is 3. The van der Waals surface area contributed by atoms with Crippen molar-refractivity contribution in [2.24, 2.45) is 0 Å². The molecule has 10 heteroatoms. The molecule has 2 aliphatic rings. The Bertz CT molecular complexity index is 2180. The molecule has 2 aromatic heterocycles. The Labute approximate surface area is 290 Å². The summed E-state index contributed by atoms with van der Waals surface area (Å²) in [6.07, 6.45) is 10.8. The molecule has 0 radical (unpaired) electrons. The van der Waals surface area contributed by atoms with Crippen molar-refractivity contribution in [3.8, 4) is 5.69 Å². The van der Waals surface area contributed by atoms with Crippen LogP contribution in [0.5, 0.6) is 0 Å². The third kappa shape index (κ3) is 7.06. The number of anilines is 2. The van der Waals surface area contributed by atoms with Gasteiger partial charge >= 0.3 is 5.97 Å². The van der Waals surface area contributed by atoms with Crippen LogP contribution in [0.1, 0.15) is 59.7 Å². The minimum absolute atomic E-state index is 0.124. The number of aliphatic hydroxyl groups is 1. The Morgan fingerprint density at radius 3 is 2.28 bits per heavy atom. The number of nitrogens with zero attached hydrogens (tertiary/aromatic N) is 3. The smallest absolute Gasteiger partial charge is 0.303 e. The predicted molar refractivity (Wildman–Crippen MR) is 195 cm³/mol. The van der Waals surface area contributed by atoms with Gasteiger partial charge in [-0.25, -0.2) is 0 Å². The highest BCUT2D eigenvalue weighted by Gasteiger charge is 2.26. The highest BCUT2D eigenvalue weighted by Crippen LogP contribution is 2.24. The van der Waals surface area contributed by atoms with Crippen LogP contribution in [0.15, 0.2) is 91.3 Å². The normalized spacial score (nSPS) is 17.4. The third-order valence-corrected chi connectivity index (χ3v) is 9.74. The quantitative estimate of drug-likeness (QED) is 0.171. The van der Waals surface area contributed by atoms with E-state index in [0.717, 1.165) is 58.8 Å². The first-order valence-corrected chi connectivity index (χ1v) is 17.1. The Hall–Kier alpha value is -5.61. The molecule has 10 nitrogen and oxygen atoms in total. The Balaban J connectivity index is 0.988. The SMILES string of the molecule is CC1(NC(=O)c2ccc(N3CCC(O)CC3)cc2)C=c2ccn(-c3ccc(C(=O)Nc4ccc5c(ccn5CCCC(=O)O)c4)cc3)c2=CC1. The molecule has 0 bridgehead atoms. The number of carboxylic acids is 1. The van der Waals surface area contributed by atoms with E-state index in [1.54, 1.807) is 0 Å². The number of amides is 2. The molecule has 1 aliphatic carbocycles. The third-order valence-electron chi connectivity index (χ3n) is 9.74. The van der Waals surface area contributed by atoms with Crippen molar-refractivity contribution in [2.45, 2.75) is 57.2 Å². The van der Waals surface area contributed by atoms with Crippen molar-refractivity contribution in [1.29, 1.82) is 0 Å². The van der Waals surface area contributed by atoms with E-state index in [9.17, 15) is 19.5 Å². The number of hydrogen-bond donors (Lipinski definition) is 4. The summed E-state index contributed by atoms with van der Waals surface area (Å²) in [7, 11) is 0. The second kappa shape index (κ2) is 13.7. The van der Waals surface area contributed by atoms with Crippen LogP contribution in [0, 0.1) is 0 Å². The summed E-state index contributed by atoms with van der Waals surface area (Å²) in [6, 6.07) is 24.9. The Morgan fingerprint density at radius 2 is 1.56 bits per heavy atom. The van der Waals surface area contributed by atoms with Crippen LogP contribution in [0.3, 0.4) is 0 Å². The fraction of sp³-hybridized carbons (Fsp3) is 0.275. The van der Waals surface area contributed by atoms with E-state index in [2.05, 4.69) is 32.3 Å². The van der Waals surface area contributed by atoms with E-state index in [-0.39, 0.29) is 24.3 Å². The monoisotopic (exact) mass is 671 g/mol. The zero-order chi connectivity index (χ0) is 34.8. The molecule has 256 valence electrons. The number of fused-ring (bicyclic) bond motifs is 2. The van der Waals surface area contributed by atoms with Crippen molar-refractivity contribution >= 4 is 52.2 Å². The number of nitrogens with one attached hydrogen (secondary N) is 2. The molecule has 1 aliphatic heterocycles. The summed E-state index contributed by atoms with van der Waals surface area (Å²) >= 11 is 0. The van der Waals surface area contributed by atoms with Gasteiger partial charge in [0, 0.05) is 82.9 Å². The van der Waals surface area contributed by atoms with Crippen molar-refractivity contribution in [1.82, 2.24) is 14.5 Å². The topological polar surface area (TPSA) is 129 Å². The van der Waals surface area contributed by atoms with Crippen LogP contribution < -0.4 is 26.1 Å². The van der Waals surface area contributed by atoms with Gasteiger partial charge in [0.15, 0.2) is 0 Å². The Kier molecular flexibility index (Phi) is 9.03. The average molecular weight is 672 g/mol. The lowest BCUT2D eigenvalue weighted by Crippen LogP contribution is -2.49. The van der Waals surface area contributed by atoms with E-state index < -0.39 is 11.5 Å². The highest BCUT2D eigenvalue weighted by molar-refractivity contribution is 6.05. The van der Waals surface area contributed by atoms with Crippen LogP contribution in [0.2, 0.25) is 0 Å². The van der Waals surface area contributed by atoms with Crippen LogP contribution >= 0.6 is 0 Å². The molecule has 1 atom stereocenters. The maximum Gasteiger partial charge on any atom is 0.303 e. The molecule has 3 aromatic carbocycles. The molecule has 2 amide bonds. The lowest BCUT2D eigenvalue weighted by atomic mass is 9.92. The van der Waals surface area contributed by atoms with Crippen molar-refractivity contribution in [3.63, 3.8) is 0 Å². The average Bonchev–Trinajstić information content (AvgIpc) is 3.71. The molecule has 1 saturated heterocycles. The maximum atomic E-state index is 13.3. The zero-order valence-electron chi connectivity index (χ0n) is 28.0. The van der Waals surface area contributed by atoms with Gasteiger partial charge in [0.05, 0.1) is 11.6 Å². The number of hydrogen-bond acceptors (Lipinski definition) is 5. The van der Waals surface area contributed by atoms with E-state index in [1.165, 1.54) is 0 Å². The van der Waals surface area contributed by atoms with Crippen molar-refractivity contribution in [2.75, 3.05) is 23.3 Å². The van der Waals surface area contributed by atoms with Gasteiger partial charge in [-0.1, -0.05) is 6.08 Å². The fourth-order valence-corrected chi connectivity index (χ4v) is 6.95. The molecule has 3 heterocycles. The van der Waals surface area contributed by atoms with Crippen molar-refractivity contribution < 1.29 is 24.6 Å². The number of benzene rings is 3. The summed E-state index contributed by atoms with van der Waals surface area (Å²) in [5, 5.41) is 28.0. The first kappa shape index (κ1) is 32.9. The summed E-state index contributed by atoms with van der Waals surface area (Å²) in [5.41, 5.74) is 4.26. The molecule has 4 N–H and O–H groups in total. The molecular weight excluding hydrogens is 630 g/mol. The maximum absolute atomic E-state index is 13.3. The van der Waals surface area contributed by atoms with Gasteiger partial charge in [-0.05, 0) is 123 Å². The predicted octanol–water partition coefficient (Wildman–Crippen LogP) is 4.66. The van der Waals surface area contributed by atoms with Crippen LogP contribution in [0.4, 0.5) is 11.4 Å². The number of aryl methyl sites for hydroxylation is 1. The molecule has 7 rings (SSSR count). The zero-order valence-corrected chi connectivity index (χ0v) is 28.0. The molecule has 0 spiro atoms. The van der Waals surface area contributed by atoms with Gasteiger partial charge in [0.2, 0.25) is 0 Å². The molecular formula is C40H41N5O5. The summed E-state index contributed by atoms with van der Waals surface area (Å²) < 4.78 is 4.11. The minimum Gasteiger partial charge on any atom is -0.481 e. The lowest BCUT2D eigenvalue weighted by molar-refractivity contribution is -0.137. The number of aromatic nitrogens is 2. The summed E-state index contributed by atoms with van der Waals surface area (Å²) in [6.45, 7) is 4.27. The number of rotatable bonds is 10. The lowest BCUT2D eigenvalue weighted by Gasteiger charge is -2.31. The van der Waals surface area contributed by atoms with Crippen molar-refractivity contribution in [3.05, 3.63) is 113 Å². The molecule has 5 aromatic rings. The first-order chi connectivity index (χ1) is 24.1. The van der Waals surface area contributed by atoms with Crippen LogP contribution in [-0.4, -0.2) is 61.9 Å². The second-order valence-corrected chi connectivity index (χ2v) is 13.5. The number of carboxylic acid groups (broad SMARTS) is 1.